The largest absolute Gasteiger partial charge is 0.487 e. The van der Waals surface area contributed by atoms with E-state index < -0.39 is 48.5 Å². The van der Waals surface area contributed by atoms with Gasteiger partial charge in [0, 0.05) is 28.6 Å². The molecule has 3 aromatic rings. The van der Waals surface area contributed by atoms with Crippen LogP contribution in [0, 0.1) is 5.41 Å². The molecule has 0 aromatic heterocycles. The molecule has 0 fully saturated rings. The number of benzene rings is 3. The van der Waals surface area contributed by atoms with E-state index in [9.17, 15) is 36.3 Å². The SMILES string of the molecule is CC(C)(C(=O)CCc1ccc(Cl)c(C(=O)Cc2ccc(OCC(F)F)c(C(=O)Nc3ccc(Br)c(Cl)c3)c2)c1)C(F)(F)F. The van der Waals surface area contributed by atoms with Crippen LogP contribution in [0.3, 0.4) is 0 Å². The predicted octanol–water partition coefficient (Wildman–Crippen LogP) is 9.17. The average molecular weight is 709 g/mol. The number of aryl methyl sites for hydroxylation is 1. The van der Waals surface area contributed by atoms with Crippen molar-refractivity contribution in [1.29, 1.82) is 0 Å². The standard InChI is InChI=1S/C30H25BrCl2F5NO4/c1-29(2,30(36,37)38)26(41)10-5-16-3-8-22(32)19(11-16)24(40)13-17-4-9-25(43-15-27(34)35)20(12-17)28(42)39-18-6-7-21(31)23(33)14-18/h3-4,6-9,11-12,14,27H,5,10,13,15H2,1-2H3,(H,39,42). The zero-order chi connectivity index (χ0) is 32.1. The van der Waals surface area contributed by atoms with Gasteiger partial charge in [-0.15, -0.1) is 0 Å². The maximum Gasteiger partial charge on any atom is 0.400 e. The molecule has 0 saturated carbocycles. The van der Waals surface area contributed by atoms with E-state index in [0.29, 0.717) is 26.3 Å². The highest BCUT2D eigenvalue weighted by Gasteiger charge is 2.51. The van der Waals surface area contributed by atoms with Crippen molar-refractivity contribution in [3.63, 3.8) is 0 Å². The van der Waals surface area contributed by atoms with E-state index >= 15 is 0 Å². The van der Waals surface area contributed by atoms with Gasteiger partial charge in [0.1, 0.15) is 23.6 Å². The van der Waals surface area contributed by atoms with E-state index in [1.54, 1.807) is 12.1 Å². The van der Waals surface area contributed by atoms with Crippen molar-refractivity contribution in [2.45, 2.75) is 45.7 Å². The van der Waals surface area contributed by atoms with Gasteiger partial charge < -0.3 is 10.1 Å². The lowest BCUT2D eigenvalue weighted by Crippen LogP contribution is -2.39. The van der Waals surface area contributed by atoms with Crippen LogP contribution in [0.1, 0.15) is 52.1 Å². The Balaban J connectivity index is 1.82. The molecule has 0 atom stereocenters. The van der Waals surface area contributed by atoms with Crippen LogP contribution in [0.25, 0.3) is 0 Å². The Morgan fingerprint density at radius 1 is 0.907 bits per heavy atom. The van der Waals surface area contributed by atoms with Gasteiger partial charge in [-0.2, -0.15) is 13.2 Å². The molecule has 0 heterocycles. The molecule has 0 aliphatic carbocycles. The zero-order valence-electron chi connectivity index (χ0n) is 22.8. The van der Waals surface area contributed by atoms with Crippen LogP contribution in [-0.2, 0) is 17.6 Å². The highest BCUT2D eigenvalue weighted by Crippen LogP contribution is 2.39. The van der Waals surface area contributed by atoms with Crippen molar-refractivity contribution in [2.24, 2.45) is 5.41 Å². The lowest BCUT2D eigenvalue weighted by molar-refractivity contribution is -0.210. The molecule has 0 spiro atoms. The third kappa shape index (κ3) is 9.00. The summed E-state index contributed by atoms with van der Waals surface area (Å²) in [6, 6.07) is 13.0. The molecular weight excluding hydrogens is 684 g/mol. The summed E-state index contributed by atoms with van der Waals surface area (Å²) in [4.78, 5) is 38.6. The molecule has 230 valence electrons. The molecule has 43 heavy (non-hydrogen) atoms. The number of alkyl halides is 5. The van der Waals surface area contributed by atoms with Gasteiger partial charge in [0.15, 0.2) is 5.78 Å². The molecule has 0 bridgehead atoms. The topological polar surface area (TPSA) is 72.5 Å². The summed E-state index contributed by atoms with van der Waals surface area (Å²) in [5, 5.41) is 3.01. The number of Topliss-reactive ketones (excluding diaryl/α,β-unsaturated/α-hetero) is 2. The maximum atomic E-state index is 13.2. The van der Waals surface area contributed by atoms with Crippen LogP contribution in [0.2, 0.25) is 10.0 Å². The number of halogens is 8. The minimum absolute atomic E-state index is 0.0453. The summed E-state index contributed by atoms with van der Waals surface area (Å²) in [5.41, 5.74) is -1.48. The molecule has 3 aromatic carbocycles. The number of rotatable bonds is 12. The first-order valence-corrected chi connectivity index (χ1v) is 14.3. The molecule has 0 unspecified atom stereocenters. The van der Waals surface area contributed by atoms with E-state index in [4.69, 9.17) is 27.9 Å². The Morgan fingerprint density at radius 2 is 1.56 bits per heavy atom. The normalized spacial score (nSPS) is 11.9. The van der Waals surface area contributed by atoms with Crippen LogP contribution in [0.5, 0.6) is 5.75 Å². The van der Waals surface area contributed by atoms with Crippen molar-refractivity contribution in [2.75, 3.05) is 11.9 Å². The number of nitrogens with one attached hydrogen (secondary N) is 1. The number of ether oxygens (including phenoxy) is 1. The first kappa shape index (κ1) is 34.5. The monoisotopic (exact) mass is 707 g/mol. The first-order chi connectivity index (χ1) is 20.0. The number of carbonyl (C=O) groups is 3. The number of ketones is 2. The molecule has 0 saturated heterocycles. The lowest BCUT2D eigenvalue weighted by atomic mass is 9.84. The van der Waals surface area contributed by atoms with Crippen molar-refractivity contribution in [3.05, 3.63) is 91.4 Å². The van der Waals surface area contributed by atoms with Crippen LogP contribution < -0.4 is 10.1 Å². The van der Waals surface area contributed by atoms with Gasteiger partial charge in [0.05, 0.1) is 15.6 Å². The van der Waals surface area contributed by atoms with E-state index in [1.165, 1.54) is 42.5 Å². The summed E-state index contributed by atoms with van der Waals surface area (Å²) < 4.78 is 71.0. The highest BCUT2D eigenvalue weighted by atomic mass is 79.9. The molecule has 1 N–H and O–H groups in total. The molecule has 5 nitrogen and oxygen atoms in total. The molecule has 3 rings (SSSR count). The molecule has 13 heteroatoms. The van der Waals surface area contributed by atoms with Crippen LogP contribution >= 0.6 is 39.1 Å². The Labute approximate surface area is 262 Å². The first-order valence-electron chi connectivity index (χ1n) is 12.7. The third-order valence-electron chi connectivity index (χ3n) is 6.57. The fourth-order valence-electron chi connectivity index (χ4n) is 3.87. The minimum atomic E-state index is -4.70. The lowest BCUT2D eigenvalue weighted by Gasteiger charge is -2.26. The second-order valence-electron chi connectivity index (χ2n) is 10.1. The number of anilines is 1. The number of hydrogen-bond donors (Lipinski definition) is 1. The van der Waals surface area contributed by atoms with Crippen molar-refractivity contribution in [3.8, 4) is 5.75 Å². The predicted molar refractivity (Wildman–Crippen MR) is 158 cm³/mol. The van der Waals surface area contributed by atoms with Gasteiger partial charge in [-0.3, -0.25) is 14.4 Å². The Morgan fingerprint density at radius 3 is 2.19 bits per heavy atom. The Bertz CT molecular complexity index is 1530. The van der Waals surface area contributed by atoms with Crippen molar-refractivity contribution >= 4 is 62.3 Å². The van der Waals surface area contributed by atoms with Gasteiger partial charge >= 0.3 is 6.18 Å². The molecule has 0 aliphatic rings. The summed E-state index contributed by atoms with van der Waals surface area (Å²) in [5.74, 6) is -2.32. The smallest absolute Gasteiger partial charge is 0.400 e. The summed E-state index contributed by atoms with van der Waals surface area (Å²) in [6.07, 6.45) is -8.21. The van der Waals surface area contributed by atoms with E-state index in [0.717, 1.165) is 13.8 Å². The van der Waals surface area contributed by atoms with E-state index in [1.807, 2.05) is 0 Å². The highest BCUT2D eigenvalue weighted by molar-refractivity contribution is 9.10. The maximum absolute atomic E-state index is 13.2. The number of hydrogen-bond acceptors (Lipinski definition) is 4. The van der Waals surface area contributed by atoms with E-state index in [-0.39, 0.29) is 34.7 Å². The average Bonchev–Trinajstić information content (AvgIpc) is 2.92. The summed E-state index contributed by atoms with van der Waals surface area (Å²) in [7, 11) is 0. The van der Waals surface area contributed by atoms with Gasteiger partial charge in [-0.25, -0.2) is 8.78 Å². The van der Waals surface area contributed by atoms with Crippen LogP contribution in [-0.4, -0.2) is 36.7 Å². The van der Waals surface area contributed by atoms with Crippen LogP contribution in [0.4, 0.5) is 27.6 Å². The molecular formula is C30H25BrCl2F5NO4. The van der Waals surface area contributed by atoms with Gasteiger partial charge in [-0.1, -0.05) is 35.3 Å². The quantitative estimate of drug-likeness (QED) is 0.151. The second-order valence-corrected chi connectivity index (χ2v) is 11.7. The number of amides is 1. The molecule has 0 aliphatic heterocycles. The summed E-state index contributed by atoms with van der Waals surface area (Å²) in [6.45, 7) is 0.671. The molecule has 0 radical (unpaired) electrons. The Hall–Kier alpha value is -3.02. The van der Waals surface area contributed by atoms with Crippen molar-refractivity contribution in [1.82, 2.24) is 0 Å². The summed E-state index contributed by atoms with van der Waals surface area (Å²) >= 11 is 15.6. The zero-order valence-corrected chi connectivity index (χ0v) is 25.9. The second kappa shape index (κ2) is 14.2. The number of carbonyl (C=O) groups excluding carboxylic acids is 3. The van der Waals surface area contributed by atoms with Gasteiger partial charge in [-0.05, 0) is 89.8 Å². The van der Waals surface area contributed by atoms with E-state index in [2.05, 4.69) is 21.2 Å². The van der Waals surface area contributed by atoms with Crippen molar-refractivity contribution < 1.29 is 41.1 Å². The molecule has 1 amide bonds. The fourth-order valence-corrected chi connectivity index (χ4v) is 4.52. The Kier molecular flexibility index (Phi) is 11.4. The van der Waals surface area contributed by atoms with Crippen LogP contribution in [0.15, 0.2) is 59.1 Å². The van der Waals surface area contributed by atoms with Gasteiger partial charge in [0.2, 0.25) is 0 Å². The minimum Gasteiger partial charge on any atom is -0.487 e. The third-order valence-corrected chi connectivity index (χ3v) is 8.14. The van der Waals surface area contributed by atoms with Gasteiger partial charge in [0.25, 0.3) is 12.3 Å². The fraction of sp³-hybridized carbons (Fsp3) is 0.300.